The molecule has 19 heavy (non-hydrogen) atoms. The highest BCUT2D eigenvalue weighted by Crippen LogP contribution is 2.13. The predicted octanol–water partition coefficient (Wildman–Crippen LogP) is 1.82. The SMILES string of the molecule is CC(C)(C#N)NC(=O)c1cc2ccccc2oc1=O. The van der Waals surface area contributed by atoms with Gasteiger partial charge in [0.25, 0.3) is 5.91 Å². The average molecular weight is 256 g/mol. The van der Waals surface area contributed by atoms with Crippen molar-refractivity contribution in [2.45, 2.75) is 19.4 Å². The molecule has 0 saturated carbocycles. The summed E-state index contributed by atoms with van der Waals surface area (Å²) in [6, 6.07) is 10.3. The summed E-state index contributed by atoms with van der Waals surface area (Å²) in [6.07, 6.45) is 0. The van der Waals surface area contributed by atoms with E-state index in [1.54, 1.807) is 38.1 Å². The zero-order valence-corrected chi connectivity index (χ0v) is 10.6. The fourth-order valence-electron chi connectivity index (χ4n) is 1.60. The Balaban J connectivity index is 2.46. The largest absolute Gasteiger partial charge is 0.422 e. The van der Waals surface area contributed by atoms with Crippen LogP contribution < -0.4 is 10.9 Å². The van der Waals surface area contributed by atoms with E-state index in [1.807, 2.05) is 6.07 Å². The first-order valence-electron chi connectivity index (χ1n) is 5.69. The summed E-state index contributed by atoms with van der Waals surface area (Å²) < 4.78 is 5.06. The zero-order valence-electron chi connectivity index (χ0n) is 10.6. The molecule has 1 N–H and O–H groups in total. The molecule has 0 radical (unpaired) electrons. The van der Waals surface area contributed by atoms with Crippen molar-refractivity contribution >= 4 is 16.9 Å². The molecule has 0 fully saturated rings. The number of rotatable bonds is 2. The van der Waals surface area contributed by atoms with Gasteiger partial charge in [0, 0.05) is 5.39 Å². The minimum atomic E-state index is -1.05. The van der Waals surface area contributed by atoms with Gasteiger partial charge in [-0.05, 0) is 26.0 Å². The zero-order chi connectivity index (χ0) is 14.0. The monoisotopic (exact) mass is 256 g/mol. The van der Waals surface area contributed by atoms with Crippen molar-refractivity contribution in [2.75, 3.05) is 0 Å². The molecule has 96 valence electrons. The number of para-hydroxylation sites is 1. The number of nitrogens with zero attached hydrogens (tertiary/aromatic N) is 1. The molecule has 1 heterocycles. The number of hydrogen-bond donors (Lipinski definition) is 1. The number of nitrogens with one attached hydrogen (secondary N) is 1. The van der Waals surface area contributed by atoms with E-state index in [4.69, 9.17) is 9.68 Å². The molecule has 0 aliphatic heterocycles. The molecule has 2 aromatic rings. The van der Waals surface area contributed by atoms with Crippen LogP contribution in [0.5, 0.6) is 0 Å². The van der Waals surface area contributed by atoms with E-state index in [9.17, 15) is 9.59 Å². The van der Waals surface area contributed by atoms with Crippen LogP contribution in [0.1, 0.15) is 24.2 Å². The van der Waals surface area contributed by atoms with Crippen molar-refractivity contribution in [3.05, 3.63) is 46.3 Å². The van der Waals surface area contributed by atoms with E-state index in [0.29, 0.717) is 11.0 Å². The van der Waals surface area contributed by atoms with Gasteiger partial charge in [-0.1, -0.05) is 18.2 Å². The lowest BCUT2D eigenvalue weighted by Gasteiger charge is -2.16. The highest BCUT2D eigenvalue weighted by Gasteiger charge is 2.22. The van der Waals surface area contributed by atoms with Crippen LogP contribution in [0.15, 0.2) is 39.5 Å². The summed E-state index contributed by atoms with van der Waals surface area (Å²) in [4.78, 5) is 23.7. The predicted molar refractivity (Wildman–Crippen MR) is 69.6 cm³/mol. The lowest BCUT2D eigenvalue weighted by Crippen LogP contribution is -2.43. The summed E-state index contributed by atoms with van der Waals surface area (Å²) in [5, 5.41) is 12.0. The van der Waals surface area contributed by atoms with Gasteiger partial charge in [0.15, 0.2) is 0 Å². The lowest BCUT2D eigenvalue weighted by atomic mass is 10.1. The van der Waals surface area contributed by atoms with Crippen LogP contribution in [0, 0.1) is 11.3 Å². The summed E-state index contributed by atoms with van der Waals surface area (Å²) in [5.41, 5.74) is -1.45. The van der Waals surface area contributed by atoms with E-state index in [1.165, 1.54) is 6.07 Å². The Labute approximate surface area is 109 Å². The molecule has 0 atom stereocenters. The van der Waals surface area contributed by atoms with Gasteiger partial charge >= 0.3 is 5.63 Å². The van der Waals surface area contributed by atoms with Crippen molar-refractivity contribution < 1.29 is 9.21 Å². The maximum absolute atomic E-state index is 12.0. The van der Waals surface area contributed by atoms with Gasteiger partial charge in [-0.3, -0.25) is 4.79 Å². The number of hydrogen-bond acceptors (Lipinski definition) is 4. The fourth-order valence-corrected chi connectivity index (χ4v) is 1.60. The Morgan fingerprint density at radius 3 is 2.74 bits per heavy atom. The smallest absolute Gasteiger partial charge is 0.349 e. The topological polar surface area (TPSA) is 83.1 Å². The second-order valence-electron chi connectivity index (χ2n) is 4.68. The van der Waals surface area contributed by atoms with Crippen LogP contribution in [0.2, 0.25) is 0 Å². The minimum Gasteiger partial charge on any atom is -0.422 e. The van der Waals surface area contributed by atoms with Gasteiger partial charge in [-0.2, -0.15) is 5.26 Å². The van der Waals surface area contributed by atoms with E-state index in [0.717, 1.165) is 0 Å². The first kappa shape index (κ1) is 12.8. The Kier molecular flexibility index (Phi) is 3.09. The maximum Gasteiger partial charge on any atom is 0.349 e. The van der Waals surface area contributed by atoms with Crippen LogP contribution in [0.25, 0.3) is 11.0 Å². The highest BCUT2D eigenvalue weighted by molar-refractivity contribution is 5.97. The Morgan fingerprint density at radius 1 is 1.37 bits per heavy atom. The molecule has 0 aliphatic rings. The van der Waals surface area contributed by atoms with Crippen LogP contribution in [-0.4, -0.2) is 11.4 Å². The van der Waals surface area contributed by atoms with Crippen LogP contribution in [0.3, 0.4) is 0 Å². The summed E-state index contributed by atoms with van der Waals surface area (Å²) in [5.74, 6) is -0.619. The first-order valence-corrected chi connectivity index (χ1v) is 5.69. The number of carbonyl (C=O) groups excluding carboxylic acids is 1. The van der Waals surface area contributed by atoms with Crippen LogP contribution >= 0.6 is 0 Å². The van der Waals surface area contributed by atoms with E-state index < -0.39 is 17.1 Å². The quantitative estimate of drug-likeness (QED) is 0.831. The summed E-state index contributed by atoms with van der Waals surface area (Å²) >= 11 is 0. The molecule has 5 heteroatoms. The minimum absolute atomic E-state index is 0.109. The summed E-state index contributed by atoms with van der Waals surface area (Å²) in [6.45, 7) is 3.10. The Morgan fingerprint density at radius 2 is 2.05 bits per heavy atom. The molecular weight excluding hydrogens is 244 g/mol. The summed E-state index contributed by atoms with van der Waals surface area (Å²) in [7, 11) is 0. The van der Waals surface area contributed by atoms with E-state index >= 15 is 0 Å². The number of benzene rings is 1. The number of fused-ring (bicyclic) bond motifs is 1. The van der Waals surface area contributed by atoms with Gasteiger partial charge in [0.1, 0.15) is 16.7 Å². The molecule has 0 unspecified atom stereocenters. The molecule has 1 aromatic carbocycles. The van der Waals surface area contributed by atoms with Gasteiger partial charge in [-0.15, -0.1) is 0 Å². The second kappa shape index (κ2) is 4.58. The number of amides is 1. The third-order valence-electron chi connectivity index (χ3n) is 2.59. The van der Waals surface area contributed by atoms with Crippen LogP contribution in [0.4, 0.5) is 0 Å². The molecule has 2 rings (SSSR count). The van der Waals surface area contributed by atoms with Crippen molar-refractivity contribution in [1.82, 2.24) is 5.32 Å². The lowest BCUT2D eigenvalue weighted by molar-refractivity contribution is 0.0925. The van der Waals surface area contributed by atoms with Crippen LogP contribution in [-0.2, 0) is 0 Å². The van der Waals surface area contributed by atoms with E-state index in [2.05, 4.69) is 5.32 Å². The maximum atomic E-state index is 12.0. The molecule has 0 aliphatic carbocycles. The van der Waals surface area contributed by atoms with E-state index in [-0.39, 0.29) is 5.56 Å². The third kappa shape index (κ3) is 2.63. The number of carbonyl (C=O) groups is 1. The molecule has 5 nitrogen and oxygen atoms in total. The average Bonchev–Trinajstić information content (AvgIpc) is 2.37. The molecular formula is C14H12N2O3. The second-order valence-corrected chi connectivity index (χ2v) is 4.68. The fraction of sp³-hybridized carbons (Fsp3) is 0.214. The molecule has 0 bridgehead atoms. The molecule has 1 aromatic heterocycles. The molecule has 1 amide bonds. The van der Waals surface area contributed by atoms with Crippen molar-refractivity contribution in [3.63, 3.8) is 0 Å². The van der Waals surface area contributed by atoms with Crippen molar-refractivity contribution in [1.29, 1.82) is 5.26 Å². The normalized spacial score (nSPS) is 11.0. The molecule has 0 saturated heterocycles. The molecule has 0 spiro atoms. The van der Waals surface area contributed by atoms with Crippen molar-refractivity contribution in [3.8, 4) is 6.07 Å². The number of nitriles is 1. The highest BCUT2D eigenvalue weighted by atomic mass is 16.4. The van der Waals surface area contributed by atoms with Gasteiger partial charge < -0.3 is 9.73 Å². The van der Waals surface area contributed by atoms with Gasteiger partial charge in [0.05, 0.1) is 6.07 Å². The third-order valence-corrected chi connectivity index (χ3v) is 2.59. The Bertz CT molecular complexity index is 738. The standard InChI is InChI=1S/C14H12N2O3/c1-14(2,8-15)16-12(17)10-7-9-5-3-4-6-11(9)19-13(10)18/h3-7H,1-2H3,(H,16,17). The van der Waals surface area contributed by atoms with Gasteiger partial charge in [-0.25, -0.2) is 4.79 Å². The Hall–Kier alpha value is -2.61. The van der Waals surface area contributed by atoms with Gasteiger partial charge in [0.2, 0.25) is 0 Å². The van der Waals surface area contributed by atoms with Crippen molar-refractivity contribution in [2.24, 2.45) is 0 Å². The first-order chi connectivity index (χ1) is 8.93.